The van der Waals surface area contributed by atoms with Crippen molar-refractivity contribution in [2.24, 2.45) is 0 Å². The fourth-order valence-corrected chi connectivity index (χ4v) is 1.96. The molecule has 0 atom stereocenters. The Labute approximate surface area is 84.8 Å². The smallest absolute Gasteiger partial charge is 0.266 e. The van der Waals surface area contributed by atoms with Crippen molar-refractivity contribution in [3.05, 3.63) is 29.8 Å². The highest BCUT2D eigenvalue weighted by Crippen LogP contribution is 2.13. The topological polar surface area (TPSA) is 43.4 Å². The van der Waals surface area contributed by atoms with E-state index in [9.17, 15) is 8.42 Å². The molecule has 0 unspecified atom stereocenters. The van der Waals surface area contributed by atoms with Crippen LogP contribution in [0.2, 0.25) is 0 Å². The third-order valence-corrected chi connectivity index (χ3v) is 3.08. The van der Waals surface area contributed by atoms with Crippen molar-refractivity contribution in [1.82, 2.24) is 0 Å². The van der Waals surface area contributed by atoms with Gasteiger partial charge in [0.2, 0.25) is 0 Å². The first-order valence-electron chi connectivity index (χ1n) is 4.52. The van der Waals surface area contributed by atoms with E-state index in [1.165, 1.54) is 0 Å². The van der Waals surface area contributed by atoms with Crippen LogP contribution in [-0.2, 0) is 14.3 Å². The van der Waals surface area contributed by atoms with Crippen molar-refractivity contribution in [3.63, 3.8) is 0 Å². The molecule has 0 heterocycles. The standard InChI is InChI=1S/C10H14O3S/c1-3-8-13-14(11,12)10-6-4-9(2)5-7-10/h4-7H,3,8H2,1-2H3/i8-1. The van der Waals surface area contributed by atoms with E-state index < -0.39 is 10.1 Å². The Hall–Kier alpha value is -0.870. The minimum absolute atomic E-state index is 0.219. The van der Waals surface area contributed by atoms with Crippen LogP contribution >= 0.6 is 0 Å². The van der Waals surface area contributed by atoms with E-state index in [0.717, 1.165) is 5.56 Å². The minimum Gasteiger partial charge on any atom is -0.266 e. The second-order valence-electron chi connectivity index (χ2n) is 3.09. The van der Waals surface area contributed by atoms with Gasteiger partial charge in [0.25, 0.3) is 10.1 Å². The van der Waals surface area contributed by atoms with E-state index in [4.69, 9.17) is 4.18 Å². The van der Waals surface area contributed by atoms with Crippen LogP contribution in [0.1, 0.15) is 18.9 Å². The van der Waals surface area contributed by atoms with Gasteiger partial charge < -0.3 is 0 Å². The Kier molecular flexibility index (Phi) is 3.66. The van der Waals surface area contributed by atoms with E-state index in [-0.39, 0.29) is 11.5 Å². The van der Waals surface area contributed by atoms with Gasteiger partial charge in [0.05, 0.1) is 11.5 Å². The quantitative estimate of drug-likeness (QED) is 0.719. The van der Waals surface area contributed by atoms with Crippen molar-refractivity contribution in [1.29, 1.82) is 0 Å². The molecule has 0 aromatic heterocycles. The molecule has 0 saturated heterocycles. The Balaban J connectivity index is 2.87. The molecular weight excluding hydrogens is 199 g/mol. The molecule has 14 heavy (non-hydrogen) atoms. The molecule has 1 aromatic rings. The van der Waals surface area contributed by atoms with Gasteiger partial charge in [0.1, 0.15) is 0 Å². The van der Waals surface area contributed by atoms with Gasteiger partial charge in [-0.25, -0.2) is 0 Å². The lowest BCUT2D eigenvalue weighted by Gasteiger charge is -2.04. The van der Waals surface area contributed by atoms with Crippen molar-refractivity contribution in [2.75, 3.05) is 6.61 Å². The van der Waals surface area contributed by atoms with Crippen molar-refractivity contribution in [3.8, 4) is 0 Å². The van der Waals surface area contributed by atoms with Gasteiger partial charge >= 0.3 is 0 Å². The van der Waals surface area contributed by atoms with Gasteiger partial charge in [0.15, 0.2) is 0 Å². The highest BCUT2D eigenvalue weighted by molar-refractivity contribution is 7.86. The molecular formula is C10H14O3S. The van der Waals surface area contributed by atoms with Crippen LogP contribution in [0.5, 0.6) is 0 Å². The first-order chi connectivity index (χ1) is 6.56. The first kappa shape index (κ1) is 11.2. The fourth-order valence-electron chi connectivity index (χ4n) is 0.966. The van der Waals surface area contributed by atoms with Gasteiger partial charge in [-0.1, -0.05) is 24.6 Å². The molecule has 0 aliphatic carbocycles. The molecule has 0 amide bonds. The number of benzene rings is 1. The molecule has 0 aliphatic heterocycles. The van der Waals surface area contributed by atoms with E-state index in [2.05, 4.69) is 0 Å². The molecule has 1 rings (SSSR count). The second-order valence-corrected chi connectivity index (χ2v) is 4.70. The van der Waals surface area contributed by atoms with Crippen LogP contribution in [0.15, 0.2) is 29.2 Å². The minimum atomic E-state index is -3.54. The third kappa shape index (κ3) is 2.82. The van der Waals surface area contributed by atoms with E-state index >= 15 is 0 Å². The highest BCUT2D eigenvalue weighted by atomic mass is 32.2. The maximum Gasteiger partial charge on any atom is 0.296 e. The van der Waals surface area contributed by atoms with Crippen LogP contribution in [0.3, 0.4) is 0 Å². The lowest BCUT2D eigenvalue weighted by Crippen LogP contribution is -2.06. The van der Waals surface area contributed by atoms with Gasteiger partial charge in [-0.15, -0.1) is 0 Å². The molecule has 78 valence electrons. The third-order valence-electron chi connectivity index (χ3n) is 1.75. The lowest BCUT2D eigenvalue weighted by atomic mass is 10.1. The molecule has 3 nitrogen and oxygen atoms in total. The zero-order valence-corrected chi connectivity index (χ0v) is 9.17. The summed E-state index contributed by atoms with van der Waals surface area (Å²) in [7, 11) is -3.54. The SMILES string of the molecule is CC[11CH2]OS(=O)(=O)c1ccc(C)cc1. The molecule has 4 heteroatoms. The Morgan fingerprint density at radius 1 is 1.21 bits per heavy atom. The Morgan fingerprint density at radius 3 is 2.29 bits per heavy atom. The summed E-state index contributed by atoms with van der Waals surface area (Å²) in [4.78, 5) is 0.219. The average Bonchev–Trinajstić information content (AvgIpc) is 2.16. The maximum absolute atomic E-state index is 11.5. The molecule has 0 bridgehead atoms. The lowest BCUT2D eigenvalue weighted by molar-refractivity contribution is 0.318. The Morgan fingerprint density at radius 2 is 1.79 bits per heavy atom. The summed E-state index contributed by atoms with van der Waals surface area (Å²) in [6.45, 7) is 4.00. The zero-order chi connectivity index (χ0) is 10.6. The van der Waals surface area contributed by atoms with E-state index in [0.29, 0.717) is 6.42 Å². The predicted molar refractivity (Wildman–Crippen MR) is 54.6 cm³/mol. The Bertz CT molecular complexity index is 378. The average molecular weight is 213 g/mol. The van der Waals surface area contributed by atoms with Crippen LogP contribution in [-0.4, -0.2) is 15.0 Å². The molecule has 0 fully saturated rings. The molecule has 0 radical (unpaired) electrons. The van der Waals surface area contributed by atoms with E-state index in [1.807, 2.05) is 13.8 Å². The fraction of sp³-hybridized carbons (Fsp3) is 0.400. The van der Waals surface area contributed by atoms with Crippen molar-refractivity contribution in [2.45, 2.75) is 25.2 Å². The zero-order valence-electron chi connectivity index (χ0n) is 8.36. The number of hydrogen-bond donors (Lipinski definition) is 0. The van der Waals surface area contributed by atoms with Gasteiger partial charge in [0, 0.05) is 0 Å². The van der Waals surface area contributed by atoms with Crippen LogP contribution in [0.25, 0.3) is 0 Å². The summed E-state index contributed by atoms with van der Waals surface area (Å²) < 4.78 is 27.7. The monoisotopic (exact) mass is 213 g/mol. The summed E-state index contributed by atoms with van der Waals surface area (Å²) in [6, 6.07) is 6.62. The van der Waals surface area contributed by atoms with Crippen LogP contribution in [0.4, 0.5) is 0 Å². The van der Waals surface area contributed by atoms with Crippen molar-refractivity contribution < 1.29 is 12.6 Å². The largest absolute Gasteiger partial charge is 0.296 e. The number of hydrogen-bond acceptors (Lipinski definition) is 3. The molecule has 0 saturated carbocycles. The normalized spacial score (nSPS) is 11.6. The van der Waals surface area contributed by atoms with Gasteiger partial charge in [-0.3, -0.25) is 4.18 Å². The van der Waals surface area contributed by atoms with Gasteiger partial charge in [-0.05, 0) is 25.5 Å². The van der Waals surface area contributed by atoms with Gasteiger partial charge in [-0.2, -0.15) is 8.42 Å². The van der Waals surface area contributed by atoms with Crippen molar-refractivity contribution >= 4 is 10.1 Å². The maximum atomic E-state index is 11.5. The van der Waals surface area contributed by atoms with E-state index in [1.54, 1.807) is 24.3 Å². The summed E-state index contributed by atoms with van der Waals surface area (Å²) in [5, 5.41) is 0. The van der Waals surface area contributed by atoms with Crippen LogP contribution < -0.4 is 0 Å². The second kappa shape index (κ2) is 4.57. The summed E-state index contributed by atoms with van der Waals surface area (Å²) >= 11 is 0. The predicted octanol–water partition coefficient (Wildman–Crippen LogP) is 2.11. The summed E-state index contributed by atoms with van der Waals surface area (Å²) in [5.41, 5.74) is 1.03. The summed E-state index contributed by atoms with van der Waals surface area (Å²) in [5.74, 6) is 0. The molecule has 1 aromatic carbocycles. The van der Waals surface area contributed by atoms with Crippen LogP contribution in [0, 0.1) is 6.92 Å². The molecule has 0 N–H and O–H groups in total. The molecule has 0 spiro atoms. The first-order valence-corrected chi connectivity index (χ1v) is 5.93. The summed E-state index contributed by atoms with van der Waals surface area (Å²) in [6.07, 6.45) is 0.686. The molecule has 0 aliphatic rings. The number of rotatable bonds is 4. The number of aryl methyl sites for hydroxylation is 1. The highest BCUT2D eigenvalue weighted by Gasteiger charge is 2.13.